The van der Waals surface area contributed by atoms with E-state index < -0.39 is 0 Å². The van der Waals surface area contributed by atoms with Crippen molar-refractivity contribution in [3.8, 4) is 0 Å². The van der Waals surface area contributed by atoms with Gasteiger partial charge >= 0.3 is 0 Å². The zero-order valence-corrected chi connectivity index (χ0v) is 13.7. The highest BCUT2D eigenvalue weighted by Crippen LogP contribution is 2.04. The van der Waals surface area contributed by atoms with E-state index in [2.05, 4.69) is 19.9 Å². The molecule has 0 aliphatic carbocycles. The standard InChI is InChI=1S/C21H18N4/c1-2-8-14-22-18-10-4-6-12-20(18)24-16-17-25-21-13-7-5-11-19(21)23-15-9-3-1/h1-17,24H. The Morgan fingerprint density at radius 3 is 1.72 bits per heavy atom. The molecule has 4 nitrogen and oxygen atoms in total. The number of para-hydroxylation sites is 4. The fourth-order valence-electron chi connectivity index (χ4n) is 2.17. The first-order valence-corrected chi connectivity index (χ1v) is 7.97. The smallest absolute Gasteiger partial charge is 0.0886 e. The number of hydrogen-bond donors (Lipinski definition) is 1. The third-order valence-electron chi connectivity index (χ3n) is 3.36. The maximum atomic E-state index is 4.47. The Morgan fingerprint density at radius 2 is 1.00 bits per heavy atom. The molecule has 2 aromatic carbocycles. The Morgan fingerprint density at radius 1 is 0.480 bits per heavy atom. The van der Waals surface area contributed by atoms with E-state index in [0.29, 0.717) is 0 Å². The lowest BCUT2D eigenvalue weighted by Crippen LogP contribution is -1.76. The fourth-order valence-corrected chi connectivity index (χ4v) is 2.17. The van der Waals surface area contributed by atoms with Crippen LogP contribution in [-0.4, -0.2) is 19.9 Å². The minimum absolute atomic E-state index is 0.810. The molecule has 1 heterocycles. The summed E-state index contributed by atoms with van der Waals surface area (Å²) in [5.74, 6) is 0. The molecule has 1 N–H and O–H groups in total. The lowest BCUT2D eigenvalue weighted by molar-refractivity contribution is 1.32. The molecule has 0 aliphatic heterocycles. The number of rotatable bonds is 0. The van der Waals surface area contributed by atoms with Gasteiger partial charge in [0.25, 0.3) is 0 Å². The lowest BCUT2D eigenvalue weighted by atomic mass is 10.3. The van der Waals surface area contributed by atoms with Crippen LogP contribution >= 0.6 is 0 Å². The molecule has 0 unspecified atom stereocenters. The van der Waals surface area contributed by atoms with E-state index in [-0.39, 0.29) is 0 Å². The SMILES string of the molecule is c1cccnc2ccccc2ncc[nH]c2ccccc2nccc1. The van der Waals surface area contributed by atoms with Crippen molar-refractivity contribution in [1.29, 1.82) is 0 Å². The third-order valence-corrected chi connectivity index (χ3v) is 3.36. The Hall–Kier alpha value is -3.53. The summed E-state index contributed by atoms with van der Waals surface area (Å²) in [6.45, 7) is 0. The monoisotopic (exact) mass is 326 g/mol. The minimum atomic E-state index is 0.810. The van der Waals surface area contributed by atoms with Gasteiger partial charge in [0.15, 0.2) is 0 Å². The molecule has 0 saturated carbocycles. The second kappa shape index (κ2) is 8.93. The van der Waals surface area contributed by atoms with Crippen molar-refractivity contribution in [3.05, 3.63) is 104 Å². The van der Waals surface area contributed by atoms with Gasteiger partial charge in [-0.15, -0.1) is 0 Å². The second-order valence-electron chi connectivity index (χ2n) is 5.11. The molecule has 4 heteroatoms. The topological polar surface area (TPSA) is 54.5 Å². The fraction of sp³-hybridized carbons (Fsp3) is 0. The number of benzene rings is 2. The average Bonchev–Trinajstić information content (AvgIpc) is 2.65. The molecule has 122 valence electrons. The van der Waals surface area contributed by atoms with Crippen LogP contribution in [0.4, 0.5) is 0 Å². The zero-order valence-electron chi connectivity index (χ0n) is 13.7. The largest absolute Gasteiger partial charge is 0.358 e. The van der Waals surface area contributed by atoms with E-state index >= 15 is 0 Å². The van der Waals surface area contributed by atoms with E-state index in [4.69, 9.17) is 0 Å². The predicted octanol–water partition coefficient (Wildman–Crippen LogP) is 4.88. The summed E-state index contributed by atoms with van der Waals surface area (Å²) in [5.41, 5.74) is 3.41. The van der Waals surface area contributed by atoms with Gasteiger partial charge in [-0.1, -0.05) is 42.5 Å². The van der Waals surface area contributed by atoms with Crippen LogP contribution in [0.3, 0.4) is 0 Å². The Balaban J connectivity index is 2.24. The minimum Gasteiger partial charge on any atom is -0.358 e. The van der Waals surface area contributed by atoms with Crippen LogP contribution in [-0.2, 0) is 0 Å². The van der Waals surface area contributed by atoms with Crippen molar-refractivity contribution < 1.29 is 0 Å². The van der Waals surface area contributed by atoms with Crippen molar-refractivity contribution >= 4 is 22.1 Å². The maximum Gasteiger partial charge on any atom is 0.0886 e. The van der Waals surface area contributed by atoms with E-state index in [1.807, 2.05) is 78.9 Å². The molecule has 3 rings (SSSR count). The normalized spacial score (nSPS) is 9.60. The molecule has 0 amide bonds. The first-order valence-electron chi connectivity index (χ1n) is 7.97. The van der Waals surface area contributed by atoms with E-state index in [1.165, 1.54) is 0 Å². The quantitative estimate of drug-likeness (QED) is 0.640. The zero-order chi connectivity index (χ0) is 17.2. The molecule has 0 spiro atoms. The average molecular weight is 326 g/mol. The molecular weight excluding hydrogens is 308 g/mol. The molecule has 25 heavy (non-hydrogen) atoms. The van der Waals surface area contributed by atoms with Gasteiger partial charge in [-0.2, -0.15) is 0 Å². The van der Waals surface area contributed by atoms with Gasteiger partial charge < -0.3 is 4.98 Å². The summed E-state index contributed by atoms with van der Waals surface area (Å²) >= 11 is 0. The Labute approximate surface area is 146 Å². The highest BCUT2D eigenvalue weighted by molar-refractivity contribution is 5.73. The van der Waals surface area contributed by atoms with Crippen LogP contribution in [0.25, 0.3) is 22.1 Å². The molecule has 0 bridgehead atoms. The maximum absolute atomic E-state index is 4.47. The van der Waals surface area contributed by atoms with E-state index in [1.54, 1.807) is 24.8 Å². The van der Waals surface area contributed by atoms with Gasteiger partial charge in [-0.25, -0.2) is 0 Å². The van der Waals surface area contributed by atoms with Crippen molar-refractivity contribution in [3.63, 3.8) is 0 Å². The lowest BCUT2D eigenvalue weighted by Gasteiger charge is -1.90. The molecule has 1 aromatic heterocycles. The highest BCUT2D eigenvalue weighted by Gasteiger charge is 1.87. The summed E-state index contributed by atoms with van der Waals surface area (Å²) in [4.78, 5) is 16.6. The molecule has 3 aromatic rings. The number of aromatic nitrogens is 4. The number of H-pyrrole nitrogens is 1. The first kappa shape index (κ1) is 16.3. The molecule has 0 atom stereocenters. The van der Waals surface area contributed by atoms with Gasteiger partial charge in [-0.05, 0) is 36.4 Å². The molecule has 0 saturated heterocycles. The van der Waals surface area contributed by atoms with Crippen LogP contribution in [0.2, 0.25) is 0 Å². The summed E-state index contributed by atoms with van der Waals surface area (Å²) < 4.78 is 0. The van der Waals surface area contributed by atoms with Gasteiger partial charge in [0.1, 0.15) is 0 Å². The number of nitrogens with zero attached hydrogens (tertiary/aromatic N) is 3. The van der Waals surface area contributed by atoms with Gasteiger partial charge in [0.05, 0.1) is 22.1 Å². The number of aromatic amines is 1. The van der Waals surface area contributed by atoms with E-state index in [9.17, 15) is 0 Å². The summed E-state index contributed by atoms with van der Waals surface area (Å²) in [5, 5.41) is 0. The first-order chi connectivity index (χ1) is 12.4. The van der Waals surface area contributed by atoms with Crippen molar-refractivity contribution in [1.82, 2.24) is 19.9 Å². The highest BCUT2D eigenvalue weighted by atomic mass is 14.7. The Bertz CT molecular complexity index is 941. The van der Waals surface area contributed by atoms with Gasteiger partial charge in [0, 0.05) is 24.8 Å². The van der Waals surface area contributed by atoms with Gasteiger partial charge in [0.2, 0.25) is 0 Å². The number of hydrogen-bond acceptors (Lipinski definition) is 3. The van der Waals surface area contributed by atoms with Gasteiger partial charge in [-0.3, -0.25) is 15.0 Å². The second-order valence-corrected chi connectivity index (χ2v) is 5.11. The Kier molecular flexibility index (Phi) is 5.84. The summed E-state index contributed by atoms with van der Waals surface area (Å²) in [6, 6.07) is 25.1. The van der Waals surface area contributed by atoms with Crippen LogP contribution in [0.5, 0.6) is 0 Å². The van der Waals surface area contributed by atoms with Crippen LogP contribution in [0.1, 0.15) is 0 Å². The van der Waals surface area contributed by atoms with E-state index in [0.717, 1.165) is 22.1 Å². The van der Waals surface area contributed by atoms with Crippen LogP contribution in [0.15, 0.2) is 104 Å². The van der Waals surface area contributed by atoms with Crippen molar-refractivity contribution in [2.45, 2.75) is 0 Å². The van der Waals surface area contributed by atoms with Crippen molar-refractivity contribution in [2.24, 2.45) is 0 Å². The number of nitrogens with one attached hydrogen (secondary N) is 1. The van der Waals surface area contributed by atoms with Crippen LogP contribution in [0, 0.1) is 0 Å². The predicted molar refractivity (Wildman–Crippen MR) is 102 cm³/mol. The molecule has 0 radical (unpaired) electrons. The molecule has 0 aliphatic rings. The number of fused-ring (bicyclic) bond motifs is 2. The summed E-state index contributed by atoms with van der Waals surface area (Å²) in [7, 11) is 0. The van der Waals surface area contributed by atoms with Crippen molar-refractivity contribution in [2.75, 3.05) is 0 Å². The molecule has 0 fully saturated rings. The molecular formula is C21H18N4. The van der Waals surface area contributed by atoms with Crippen LogP contribution < -0.4 is 0 Å². The third kappa shape index (κ3) is 4.97. The summed E-state index contributed by atoms with van der Waals surface area (Å²) in [6.07, 6.45) is 7.02.